The summed E-state index contributed by atoms with van der Waals surface area (Å²) in [5.41, 5.74) is 0. The van der Waals surface area contributed by atoms with Gasteiger partial charge in [0.2, 0.25) is 5.91 Å². The van der Waals surface area contributed by atoms with Gasteiger partial charge in [0.05, 0.1) is 12.6 Å². The highest BCUT2D eigenvalue weighted by molar-refractivity contribution is 14.0. The molecule has 1 aliphatic rings. The van der Waals surface area contributed by atoms with Gasteiger partial charge < -0.3 is 20.3 Å². The summed E-state index contributed by atoms with van der Waals surface area (Å²) in [5.74, 6) is 1.22. The van der Waals surface area contributed by atoms with Crippen molar-refractivity contribution in [3.8, 4) is 0 Å². The molecule has 0 aromatic rings. The van der Waals surface area contributed by atoms with Crippen LogP contribution in [0.2, 0.25) is 0 Å². The monoisotopic (exact) mass is 412 g/mol. The lowest BCUT2D eigenvalue weighted by molar-refractivity contribution is -0.127. The number of rotatable bonds is 4. The molecule has 1 heterocycles. The molecule has 6 nitrogen and oxygen atoms in total. The number of likely N-dealkylation sites (N-methyl/N-ethyl adjacent to an activating group) is 1. The molecule has 0 saturated carbocycles. The van der Waals surface area contributed by atoms with Crippen molar-refractivity contribution in [1.82, 2.24) is 15.5 Å². The van der Waals surface area contributed by atoms with Gasteiger partial charge in [-0.15, -0.1) is 24.0 Å². The number of nitrogens with one attached hydrogen (secondary N) is 2. The minimum atomic E-state index is 0. The first kappa shape index (κ1) is 20.4. The molecular formula is C14H29IN4O2. The number of hydrogen-bond acceptors (Lipinski definition) is 3. The Balaban J connectivity index is 0.00000400. The van der Waals surface area contributed by atoms with Crippen LogP contribution in [0.4, 0.5) is 0 Å². The first-order chi connectivity index (χ1) is 9.43. The van der Waals surface area contributed by atoms with Crippen LogP contribution < -0.4 is 10.6 Å². The van der Waals surface area contributed by atoms with Crippen molar-refractivity contribution in [1.29, 1.82) is 0 Å². The summed E-state index contributed by atoms with van der Waals surface area (Å²) in [6.45, 7) is 5.38. The third-order valence-corrected chi connectivity index (χ3v) is 3.53. The topological polar surface area (TPSA) is 66.0 Å². The Morgan fingerprint density at radius 3 is 2.62 bits per heavy atom. The number of guanidine groups is 1. The van der Waals surface area contributed by atoms with Gasteiger partial charge in [0.15, 0.2) is 5.96 Å². The van der Waals surface area contributed by atoms with Crippen molar-refractivity contribution in [2.75, 3.05) is 34.3 Å². The molecule has 1 fully saturated rings. The maximum atomic E-state index is 11.6. The van der Waals surface area contributed by atoms with E-state index in [1.165, 1.54) is 0 Å². The second-order valence-electron chi connectivity index (χ2n) is 5.73. The average Bonchev–Trinajstić information content (AvgIpc) is 2.43. The van der Waals surface area contributed by atoms with Crippen LogP contribution in [0.15, 0.2) is 4.99 Å². The molecule has 1 amide bonds. The fourth-order valence-corrected chi connectivity index (χ4v) is 2.13. The van der Waals surface area contributed by atoms with Gasteiger partial charge in [0, 0.05) is 33.8 Å². The molecule has 2 atom stereocenters. The summed E-state index contributed by atoms with van der Waals surface area (Å²) < 4.78 is 5.75. The van der Waals surface area contributed by atoms with E-state index in [9.17, 15) is 4.79 Å². The van der Waals surface area contributed by atoms with Crippen LogP contribution in [-0.2, 0) is 9.53 Å². The lowest BCUT2D eigenvalue weighted by atomic mass is 9.95. The van der Waals surface area contributed by atoms with Crippen molar-refractivity contribution in [2.45, 2.75) is 38.8 Å². The standard InChI is InChI=1S/C14H28N4O2.HI/c1-10(2)12-8-11(6-7-20-12)17-14(15-3)16-9-13(19)18(4)5;/h10-12H,6-9H2,1-5H3,(H2,15,16,17);1H. The van der Waals surface area contributed by atoms with Crippen LogP contribution >= 0.6 is 24.0 Å². The Kier molecular flexibility index (Phi) is 9.93. The largest absolute Gasteiger partial charge is 0.378 e. The molecule has 2 unspecified atom stereocenters. The second kappa shape index (κ2) is 10.2. The first-order valence-electron chi connectivity index (χ1n) is 7.23. The highest BCUT2D eigenvalue weighted by atomic mass is 127. The Hall–Kier alpha value is -0.570. The van der Waals surface area contributed by atoms with Gasteiger partial charge in [0.25, 0.3) is 0 Å². The number of ether oxygens (including phenoxy) is 1. The van der Waals surface area contributed by atoms with Crippen LogP contribution in [-0.4, -0.2) is 63.2 Å². The van der Waals surface area contributed by atoms with E-state index < -0.39 is 0 Å². The van der Waals surface area contributed by atoms with Gasteiger partial charge in [-0.3, -0.25) is 9.79 Å². The number of carbonyl (C=O) groups is 1. The smallest absolute Gasteiger partial charge is 0.241 e. The zero-order chi connectivity index (χ0) is 15.1. The third kappa shape index (κ3) is 7.30. The van der Waals surface area contributed by atoms with E-state index in [0.717, 1.165) is 19.4 Å². The van der Waals surface area contributed by atoms with Crippen molar-refractivity contribution >= 4 is 35.8 Å². The summed E-state index contributed by atoms with van der Waals surface area (Å²) in [6.07, 6.45) is 2.23. The minimum Gasteiger partial charge on any atom is -0.378 e. The molecule has 0 bridgehead atoms. The fourth-order valence-electron chi connectivity index (χ4n) is 2.13. The van der Waals surface area contributed by atoms with E-state index in [1.54, 1.807) is 26.0 Å². The van der Waals surface area contributed by atoms with Crippen LogP contribution in [0.25, 0.3) is 0 Å². The van der Waals surface area contributed by atoms with E-state index in [4.69, 9.17) is 4.74 Å². The number of hydrogen-bond donors (Lipinski definition) is 2. The van der Waals surface area contributed by atoms with E-state index in [-0.39, 0.29) is 36.4 Å². The molecule has 2 N–H and O–H groups in total. The maximum Gasteiger partial charge on any atom is 0.241 e. The number of halogens is 1. The van der Waals surface area contributed by atoms with Gasteiger partial charge in [-0.05, 0) is 18.8 Å². The number of aliphatic imine (C=N–C) groups is 1. The van der Waals surface area contributed by atoms with E-state index in [2.05, 4.69) is 29.5 Å². The van der Waals surface area contributed by atoms with E-state index in [0.29, 0.717) is 24.0 Å². The lowest BCUT2D eigenvalue weighted by Gasteiger charge is -2.33. The van der Waals surface area contributed by atoms with Gasteiger partial charge >= 0.3 is 0 Å². The quantitative estimate of drug-likeness (QED) is 0.412. The van der Waals surface area contributed by atoms with Crippen molar-refractivity contribution in [3.63, 3.8) is 0 Å². The molecule has 0 aromatic heterocycles. The van der Waals surface area contributed by atoms with Gasteiger partial charge in [-0.1, -0.05) is 13.8 Å². The van der Waals surface area contributed by atoms with Crippen LogP contribution in [0.1, 0.15) is 26.7 Å². The molecule has 0 aromatic carbocycles. The second-order valence-corrected chi connectivity index (χ2v) is 5.73. The Morgan fingerprint density at radius 2 is 2.10 bits per heavy atom. The molecule has 0 aliphatic carbocycles. The van der Waals surface area contributed by atoms with Gasteiger partial charge in [0.1, 0.15) is 0 Å². The van der Waals surface area contributed by atoms with Gasteiger partial charge in [-0.2, -0.15) is 0 Å². The zero-order valence-electron chi connectivity index (χ0n) is 13.7. The summed E-state index contributed by atoms with van der Waals surface area (Å²) in [4.78, 5) is 17.3. The Bertz CT molecular complexity index is 348. The molecule has 0 spiro atoms. The summed E-state index contributed by atoms with van der Waals surface area (Å²) in [5, 5.41) is 6.42. The minimum absolute atomic E-state index is 0. The molecular weight excluding hydrogens is 383 g/mol. The Morgan fingerprint density at radius 1 is 1.43 bits per heavy atom. The SMILES string of the molecule is CN=C(NCC(=O)N(C)C)NC1CCOC(C(C)C)C1.I. The lowest BCUT2D eigenvalue weighted by Crippen LogP contribution is -2.49. The van der Waals surface area contributed by atoms with E-state index >= 15 is 0 Å². The number of amides is 1. The fraction of sp³-hybridized carbons (Fsp3) is 0.857. The number of nitrogens with zero attached hydrogens (tertiary/aromatic N) is 2. The molecule has 1 saturated heterocycles. The molecule has 1 rings (SSSR count). The number of carbonyl (C=O) groups excluding carboxylic acids is 1. The van der Waals surface area contributed by atoms with Crippen molar-refractivity contribution in [3.05, 3.63) is 0 Å². The average molecular weight is 412 g/mol. The van der Waals surface area contributed by atoms with Crippen LogP contribution in [0, 0.1) is 5.92 Å². The van der Waals surface area contributed by atoms with Gasteiger partial charge in [-0.25, -0.2) is 0 Å². The van der Waals surface area contributed by atoms with Crippen LogP contribution in [0.3, 0.4) is 0 Å². The third-order valence-electron chi connectivity index (χ3n) is 3.53. The highest BCUT2D eigenvalue weighted by Gasteiger charge is 2.25. The molecule has 124 valence electrons. The predicted octanol–water partition coefficient (Wildman–Crippen LogP) is 1.06. The van der Waals surface area contributed by atoms with E-state index in [1.807, 2.05) is 0 Å². The maximum absolute atomic E-state index is 11.6. The van der Waals surface area contributed by atoms with Crippen molar-refractivity contribution < 1.29 is 9.53 Å². The first-order valence-corrected chi connectivity index (χ1v) is 7.23. The summed E-state index contributed by atoms with van der Waals surface area (Å²) in [6, 6.07) is 0.344. The van der Waals surface area contributed by atoms with Crippen LogP contribution in [0.5, 0.6) is 0 Å². The Labute approximate surface area is 145 Å². The normalized spacial score (nSPS) is 22.5. The molecule has 1 aliphatic heterocycles. The highest BCUT2D eigenvalue weighted by Crippen LogP contribution is 2.19. The zero-order valence-corrected chi connectivity index (χ0v) is 16.0. The molecule has 0 radical (unpaired) electrons. The summed E-state index contributed by atoms with van der Waals surface area (Å²) in [7, 11) is 5.20. The predicted molar refractivity (Wildman–Crippen MR) is 96.2 cm³/mol. The van der Waals surface area contributed by atoms with Crippen molar-refractivity contribution in [2.24, 2.45) is 10.9 Å². The molecule has 21 heavy (non-hydrogen) atoms. The summed E-state index contributed by atoms with van der Waals surface area (Å²) >= 11 is 0. The molecule has 7 heteroatoms.